The lowest BCUT2D eigenvalue weighted by Crippen LogP contribution is -2.03. The van der Waals surface area contributed by atoms with Gasteiger partial charge in [-0.15, -0.1) is 11.6 Å². The molecule has 0 radical (unpaired) electrons. The molecule has 13 heavy (non-hydrogen) atoms. The van der Waals surface area contributed by atoms with E-state index < -0.39 is 0 Å². The van der Waals surface area contributed by atoms with Gasteiger partial charge in [0.05, 0.1) is 5.88 Å². The summed E-state index contributed by atoms with van der Waals surface area (Å²) in [7, 11) is 0. The SMILES string of the molecule is O=C(CCl)Cc1ccc(I)c(Br)c1. The highest BCUT2D eigenvalue weighted by atomic mass is 127. The predicted octanol–water partition coefficient (Wildman–Crippen LogP) is 3.40. The minimum absolute atomic E-state index is 0.0507. The van der Waals surface area contributed by atoms with Crippen LogP contribution in [0.25, 0.3) is 0 Å². The average Bonchev–Trinajstić information content (AvgIpc) is 2.11. The van der Waals surface area contributed by atoms with Crippen molar-refractivity contribution in [2.75, 3.05) is 5.88 Å². The van der Waals surface area contributed by atoms with Crippen molar-refractivity contribution in [3.63, 3.8) is 0 Å². The van der Waals surface area contributed by atoms with Gasteiger partial charge in [-0.05, 0) is 56.2 Å². The van der Waals surface area contributed by atoms with Gasteiger partial charge in [0.2, 0.25) is 0 Å². The Hall–Kier alpha value is 0.390. The van der Waals surface area contributed by atoms with Gasteiger partial charge in [0, 0.05) is 14.5 Å². The summed E-state index contributed by atoms with van der Waals surface area (Å²) in [6, 6.07) is 5.87. The van der Waals surface area contributed by atoms with Crippen molar-refractivity contribution in [2.24, 2.45) is 0 Å². The van der Waals surface area contributed by atoms with Gasteiger partial charge in [-0.25, -0.2) is 0 Å². The second kappa shape index (κ2) is 5.32. The van der Waals surface area contributed by atoms with Crippen LogP contribution in [0.4, 0.5) is 0 Å². The van der Waals surface area contributed by atoms with E-state index >= 15 is 0 Å². The molecular formula is C9H7BrClIO. The molecule has 0 aromatic heterocycles. The second-order valence-corrected chi connectivity index (χ2v) is 4.88. The third-order valence-corrected chi connectivity index (χ3v) is 4.17. The van der Waals surface area contributed by atoms with Crippen molar-refractivity contribution in [3.8, 4) is 0 Å². The maximum Gasteiger partial charge on any atom is 0.151 e. The van der Waals surface area contributed by atoms with Gasteiger partial charge in [0.15, 0.2) is 5.78 Å². The van der Waals surface area contributed by atoms with Gasteiger partial charge >= 0.3 is 0 Å². The van der Waals surface area contributed by atoms with Gasteiger partial charge in [-0.3, -0.25) is 4.79 Å². The standard InChI is InChI=1S/C9H7BrClIO/c10-8-4-6(1-2-9(8)12)3-7(13)5-11/h1-2,4H,3,5H2. The molecule has 0 aliphatic carbocycles. The molecule has 0 aliphatic rings. The number of carbonyl (C=O) groups excluding carboxylic acids is 1. The summed E-state index contributed by atoms with van der Waals surface area (Å²) >= 11 is 11.0. The highest BCUT2D eigenvalue weighted by Crippen LogP contribution is 2.20. The summed E-state index contributed by atoms with van der Waals surface area (Å²) < 4.78 is 2.16. The molecule has 0 spiro atoms. The zero-order valence-corrected chi connectivity index (χ0v) is 11.2. The van der Waals surface area contributed by atoms with Gasteiger partial charge in [-0.2, -0.15) is 0 Å². The molecule has 0 saturated heterocycles. The monoisotopic (exact) mass is 372 g/mol. The lowest BCUT2D eigenvalue weighted by molar-refractivity contribution is -0.116. The van der Waals surface area contributed by atoms with Crippen LogP contribution in [0, 0.1) is 3.57 Å². The Labute approximate surface area is 104 Å². The minimum Gasteiger partial charge on any atom is -0.298 e. The predicted molar refractivity (Wildman–Crippen MR) is 66.3 cm³/mol. The quantitative estimate of drug-likeness (QED) is 0.586. The van der Waals surface area contributed by atoms with Crippen LogP contribution in [0.5, 0.6) is 0 Å². The van der Waals surface area contributed by atoms with E-state index in [1.807, 2.05) is 18.2 Å². The van der Waals surface area contributed by atoms with Crippen LogP contribution in [-0.2, 0) is 11.2 Å². The van der Waals surface area contributed by atoms with Gasteiger partial charge in [-0.1, -0.05) is 6.07 Å². The molecule has 0 atom stereocenters. The van der Waals surface area contributed by atoms with Crippen LogP contribution >= 0.6 is 50.1 Å². The number of alkyl halides is 1. The number of carbonyl (C=O) groups is 1. The molecule has 1 rings (SSSR count). The molecule has 70 valence electrons. The van der Waals surface area contributed by atoms with Crippen molar-refractivity contribution in [1.82, 2.24) is 0 Å². The number of rotatable bonds is 3. The first-order valence-corrected chi connectivity index (χ1v) is 6.05. The maximum absolute atomic E-state index is 11.0. The highest BCUT2D eigenvalue weighted by Gasteiger charge is 2.03. The van der Waals surface area contributed by atoms with Crippen LogP contribution in [0.15, 0.2) is 22.7 Å². The molecule has 0 fully saturated rings. The summed E-state index contributed by atoms with van der Waals surface area (Å²) in [5, 5.41) is 0. The fourth-order valence-corrected chi connectivity index (χ4v) is 1.78. The third-order valence-electron chi connectivity index (χ3n) is 1.53. The smallest absolute Gasteiger partial charge is 0.151 e. The summed E-state index contributed by atoms with van der Waals surface area (Å²) in [6.45, 7) is 0. The Morgan fingerprint density at radius 2 is 2.23 bits per heavy atom. The molecule has 1 nitrogen and oxygen atoms in total. The number of benzene rings is 1. The molecule has 0 aliphatic heterocycles. The summed E-state index contributed by atoms with van der Waals surface area (Å²) in [5.41, 5.74) is 0.998. The molecule has 0 saturated carbocycles. The molecule has 0 N–H and O–H groups in total. The number of Topliss-reactive ketones (excluding diaryl/α,β-unsaturated/α-hetero) is 1. The Bertz CT molecular complexity index is 327. The normalized spacial score (nSPS) is 10.1. The first kappa shape index (κ1) is 11.5. The maximum atomic E-state index is 11.0. The summed E-state index contributed by atoms with van der Waals surface area (Å²) in [6.07, 6.45) is 0.416. The van der Waals surface area contributed by atoms with E-state index in [0.29, 0.717) is 6.42 Å². The largest absolute Gasteiger partial charge is 0.298 e. The van der Waals surface area contributed by atoms with Gasteiger partial charge in [0.1, 0.15) is 0 Å². The van der Waals surface area contributed by atoms with E-state index in [0.717, 1.165) is 13.6 Å². The highest BCUT2D eigenvalue weighted by molar-refractivity contribution is 14.1. The zero-order valence-electron chi connectivity index (χ0n) is 6.69. The van der Waals surface area contributed by atoms with Crippen LogP contribution < -0.4 is 0 Å². The summed E-state index contributed by atoms with van der Waals surface area (Å²) in [4.78, 5) is 11.0. The number of hydrogen-bond donors (Lipinski definition) is 0. The van der Waals surface area contributed by atoms with E-state index in [-0.39, 0.29) is 11.7 Å². The van der Waals surface area contributed by atoms with E-state index in [1.165, 1.54) is 0 Å². The van der Waals surface area contributed by atoms with E-state index in [4.69, 9.17) is 11.6 Å². The first-order chi connectivity index (χ1) is 6.13. The lowest BCUT2D eigenvalue weighted by atomic mass is 10.1. The topological polar surface area (TPSA) is 17.1 Å². The van der Waals surface area contributed by atoms with E-state index in [9.17, 15) is 4.79 Å². The lowest BCUT2D eigenvalue weighted by Gasteiger charge is -2.01. The Kier molecular flexibility index (Phi) is 4.69. The second-order valence-electron chi connectivity index (χ2n) is 2.60. The number of halogens is 3. The Balaban J connectivity index is 2.79. The first-order valence-electron chi connectivity index (χ1n) is 3.65. The molecule has 1 aromatic carbocycles. The summed E-state index contributed by atoms with van der Waals surface area (Å²) in [5.74, 6) is 0.138. The van der Waals surface area contributed by atoms with Crippen LogP contribution in [-0.4, -0.2) is 11.7 Å². The van der Waals surface area contributed by atoms with Crippen molar-refractivity contribution >= 4 is 55.9 Å². The molecular weight excluding hydrogens is 366 g/mol. The fraction of sp³-hybridized carbons (Fsp3) is 0.222. The minimum atomic E-state index is 0.0507. The van der Waals surface area contributed by atoms with Crippen molar-refractivity contribution in [2.45, 2.75) is 6.42 Å². The Morgan fingerprint density at radius 1 is 1.54 bits per heavy atom. The Morgan fingerprint density at radius 3 is 2.77 bits per heavy atom. The fourth-order valence-electron chi connectivity index (χ4n) is 0.925. The van der Waals surface area contributed by atoms with Crippen molar-refractivity contribution < 1.29 is 4.79 Å². The van der Waals surface area contributed by atoms with E-state index in [2.05, 4.69) is 38.5 Å². The zero-order chi connectivity index (χ0) is 9.84. The molecule has 1 aromatic rings. The molecule has 0 bridgehead atoms. The third kappa shape index (κ3) is 3.56. The van der Waals surface area contributed by atoms with Crippen LogP contribution in [0.3, 0.4) is 0 Å². The van der Waals surface area contributed by atoms with Crippen molar-refractivity contribution in [3.05, 3.63) is 31.8 Å². The number of ketones is 1. The van der Waals surface area contributed by atoms with Crippen molar-refractivity contribution in [1.29, 1.82) is 0 Å². The van der Waals surface area contributed by atoms with E-state index in [1.54, 1.807) is 0 Å². The molecule has 0 heterocycles. The van der Waals surface area contributed by atoms with Gasteiger partial charge in [0.25, 0.3) is 0 Å². The molecule has 0 amide bonds. The molecule has 0 unspecified atom stereocenters. The van der Waals surface area contributed by atoms with Crippen LogP contribution in [0.1, 0.15) is 5.56 Å². The molecule has 4 heteroatoms. The van der Waals surface area contributed by atoms with Gasteiger partial charge < -0.3 is 0 Å². The number of hydrogen-bond acceptors (Lipinski definition) is 1. The van der Waals surface area contributed by atoms with Crippen LogP contribution in [0.2, 0.25) is 0 Å². The average molecular weight is 373 g/mol.